The Morgan fingerprint density at radius 1 is 1.05 bits per heavy atom. The van der Waals surface area contributed by atoms with Crippen molar-refractivity contribution in [1.82, 2.24) is 9.29 Å². The third-order valence-electron chi connectivity index (χ3n) is 7.49. The molecule has 6 nitrogen and oxygen atoms in total. The molecule has 3 radical (unpaired) electrons. The van der Waals surface area contributed by atoms with Gasteiger partial charge in [-0.15, -0.1) is 0 Å². The molecule has 2 aromatic rings. The lowest BCUT2D eigenvalue weighted by Gasteiger charge is -2.34. The molecule has 0 bridgehead atoms. The summed E-state index contributed by atoms with van der Waals surface area (Å²) in [6, 6.07) is 6.47. The summed E-state index contributed by atoms with van der Waals surface area (Å²) in [6.07, 6.45) is 1.04. The third-order valence-corrected chi connectivity index (χ3v) is 9.69. The first-order valence-corrected chi connectivity index (χ1v) is 14.6. The molecule has 1 aliphatic carbocycles. The number of sulfonamides is 1. The summed E-state index contributed by atoms with van der Waals surface area (Å²) in [5, 5.41) is 0. The van der Waals surface area contributed by atoms with Crippen molar-refractivity contribution in [1.29, 1.82) is 0 Å². The Balaban J connectivity index is 1.88. The first-order chi connectivity index (χ1) is 18.2. The lowest BCUT2D eigenvalue weighted by Crippen LogP contribution is -2.43. The normalized spacial score (nSPS) is 22.3. The summed E-state index contributed by atoms with van der Waals surface area (Å²) < 4.78 is 109. The topological polar surface area (TPSA) is 79.5 Å². The maximum atomic E-state index is 14.2. The van der Waals surface area contributed by atoms with Gasteiger partial charge in [0.25, 0.3) is 0 Å². The average Bonchev–Trinajstić information content (AvgIpc) is 3.35. The van der Waals surface area contributed by atoms with Crippen LogP contribution < -0.4 is 10.6 Å². The molecule has 1 saturated carbocycles. The van der Waals surface area contributed by atoms with Crippen molar-refractivity contribution in [2.75, 3.05) is 23.7 Å². The molecular formula is C25H29F6N4O2SSi. The molecular weight excluding hydrogens is 562 g/mol. The Morgan fingerprint density at radius 2 is 1.74 bits per heavy atom. The number of halogens is 6. The van der Waals surface area contributed by atoms with Crippen molar-refractivity contribution in [3.8, 4) is 0 Å². The highest BCUT2D eigenvalue weighted by Crippen LogP contribution is 2.43. The number of fused-ring (bicyclic) bond motifs is 1. The highest BCUT2D eigenvalue weighted by atomic mass is 32.2. The van der Waals surface area contributed by atoms with E-state index in [0.717, 1.165) is 31.7 Å². The summed E-state index contributed by atoms with van der Waals surface area (Å²) in [6.45, 7) is -1.52. The van der Waals surface area contributed by atoms with Crippen molar-refractivity contribution in [2.45, 2.75) is 62.4 Å². The van der Waals surface area contributed by atoms with E-state index < -0.39 is 51.5 Å². The van der Waals surface area contributed by atoms with Gasteiger partial charge in [0, 0.05) is 53.0 Å². The Hall–Kier alpha value is -2.32. The van der Waals surface area contributed by atoms with Crippen LogP contribution in [0.5, 0.6) is 0 Å². The fourth-order valence-corrected chi connectivity index (χ4v) is 7.13. The second-order valence-corrected chi connectivity index (χ2v) is 12.9. The minimum absolute atomic E-state index is 0.00797. The summed E-state index contributed by atoms with van der Waals surface area (Å²) in [4.78, 5) is 5.93. The zero-order valence-corrected chi connectivity index (χ0v) is 22.8. The number of hydrogen-bond acceptors (Lipinski definition) is 5. The first kappa shape index (κ1) is 29.7. The van der Waals surface area contributed by atoms with Crippen LogP contribution in [-0.4, -0.2) is 46.5 Å². The molecule has 0 amide bonds. The number of aromatic nitrogens is 1. The molecule has 213 valence electrons. The largest absolute Gasteiger partial charge is 0.511 e. The Labute approximate surface area is 227 Å². The second kappa shape index (κ2) is 11.3. The molecule has 4 rings (SSSR count). The van der Waals surface area contributed by atoms with Crippen molar-refractivity contribution >= 4 is 31.6 Å². The van der Waals surface area contributed by atoms with Gasteiger partial charge in [0.2, 0.25) is 0 Å². The van der Waals surface area contributed by atoms with Crippen LogP contribution >= 0.6 is 0 Å². The van der Waals surface area contributed by atoms with Gasteiger partial charge in [-0.1, -0.05) is 31.7 Å². The number of alkyl halides is 6. The molecule has 14 heteroatoms. The number of benzene rings is 1. The van der Waals surface area contributed by atoms with E-state index in [9.17, 15) is 34.8 Å². The number of hydrogen-bond donors (Lipinski definition) is 1. The molecule has 1 aromatic heterocycles. The number of rotatable bonds is 5. The number of nitrogen functional groups attached to an aromatic ring is 1. The van der Waals surface area contributed by atoms with Crippen LogP contribution in [0, 0.1) is 11.8 Å². The monoisotopic (exact) mass is 591 g/mol. The van der Waals surface area contributed by atoms with E-state index in [0.29, 0.717) is 17.8 Å². The zero-order chi connectivity index (χ0) is 28.6. The van der Waals surface area contributed by atoms with E-state index in [1.54, 1.807) is 17.0 Å². The highest BCUT2D eigenvalue weighted by molar-refractivity contribution is 7.89. The second-order valence-electron chi connectivity index (χ2n) is 10.3. The molecule has 0 spiro atoms. The molecule has 1 aromatic carbocycles. The van der Waals surface area contributed by atoms with Gasteiger partial charge < -0.3 is 10.6 Å². The van der Waals surface area contributed by atoms with E-state index in [-0.39, 0.29) is 34.9 Å². The van der Waals surface area contributed by atoms with Crippen molar-refractivity contribution < 1.29 is 34.8 Å². The van der Waals surface area contributed by atoms with Crippen molar-refractivity contribution in [3.05, 3.63) is 53.3 Å². The quantitative estimate of drug-likeness (QED) is 0.367. The smallest absolute Gasteiger partial charge is 0.399 e. The highest BCUT2D eigenvalue weighted by Gasteiger charge is 2.51. The summed E-state index contributed by atoms with van der Waals surface area (Å²) >= 11 is 0. The lowest BCUT2D eigenvalue weighted by atomic mass is 9.89. The maximum absolute atomic E-state index is 14.2. The number of nitrogens with two attached hydrogens (primary N) is 1. The van der Waals surface area contributed by atoms with Crippen LogP contribution in [0.2, 0.25) is 5.54 Å². The predicted molar refractivity (Wildman–Crippen MR) is 136 cm³/mol. The summed E-state index contributed by atoms with van der Waals surface area (Å²) in [7, 11) is -2.42. The number of pyridine rings is 1. The molecule has 0 saturated heterocycles. The maximum Gasteiger partial charge on any atom is 0.511 e. The SMILES string of the molecule is Nc1ccnc(CN2CC(CC3CCCC3)[C@H]([Si])CN(S(=O)(=O)C(F)(F)F)Cc3c2cccc3C(F)(F)F)c1. The van der Waals surface area contributed by atoms with Gasteiger partial charge in [-0.25, -0.2) is 8.42 Å². The molecule has 1 unspecified atom stereocenters. The lowest BCUT2D eigenvalue weighted by molar-refractivity contribution is -0.138. The fourth-order valence-electron chi connectivity index (χ4n) is 5.59. The van der Waals surface area contributed by atoms with Gasteiger partial charge in [0.1, 0.15) is 0 Å². The Morgan fingerprint density at radius 3 is 2.36 bits per heavy atom. The first-order valence-electron chi connectivity index (χ1n) is 12.6. The number of anilines is 2. The molecule has 1 aliphatic heterocycles. The summed E-state index contributed by atoms with van der Waals surface area (Å²) in [5.74, 6) is -0.0761. The van der Waals surface area contributed by atoms with E-state index in [4.69, 9.17) is 5.73 Å². The Kier molecular flexibility index (Phi) is 8.58. The fraction of sp³-hybridized carbons (Fsp3) is 0.560. The van der Waals surface area contributed by atoms with Gasteiger partial charge in [-0.3, -0.25) is 4.98 Å². The van der Waals surface area contributed by atoms with E-state index in [1.807, 2.05) is 0 Å². The van der Waals surface area contributed by atoms with Crippen LogP contribution in [-0.2, 0) is 29.3 Å². The third kappa shape index (κ3) is 6.71. The zero-order valence-electron chi connectivity index (χ0n) is 21.0. The predicted octanol–water partition coefficient (Wildman–Crippen LogP) is 5.51. The van der Waals surface area contributed by atoms with Gasteiger partial charge in [-0.2, -0.15) is 30.6 Å². The van der Waals surface area contributed by atoms with Crippen LogP contribution in [0.15, 0.2) is 36.5 Å². The van der Waals surface area contributed by atoms with Crippen LogP contribution in [0.3, 0.4) is 0 Å². The molecule has 2 aliphatic rings. The standard InChI is InChI=1S/C25H29F6N4O2SSi/c26-24(27,28)21-6-3-7-22-20(21)14-35(38(36,37)25(29,30)31)15-23(39)17(10-16-4-1-2-5-16)12-34(22)13-19-11-18(32)8-9-33-19/h3,6-9,11,16-17,23H,1-2,4-5,10,12-15H2,(H2,32,33)/t17?,23-/m1/s1. The van der Waals surface area contributed by atoms with Crippen LogP contribution in [0.25, 0.3) is 0 Å². The minimum atomic E-state index is -5.94. The van der Waals surface area contributed by atoms with Crippen LogP contribution in [0.1, 0.15) is 48.9 Å². The average molecular weight is 592 g/mol. The van der Waals surface area contributed by atoms with Gasteiger partial charge in [0.15, 0.2) is 0 Å². The van der Waals surface area contributed by atoms with Gasteiger partial charge >= 0.3 is 21.7 Å². The number of nitrogens with zero attached hydrogens (tertiary/aromatic N) is 3. The van der Waals surface area contributed by atoms with Crippen LogP contribution in [0.4, 0.5) is 37.7 Å². The van der Waals surface area contributed by atoms with E-state index in [2.05, 4.69) is 15.2 Å². The van der Waals surface area contributed by atoms with Gasteiger partial charge in [-0.05, 0) is 48.1 Å². The summed E-state index contributed by atoms with van der Waals surface area (Å²) in [5.41, 5.74) is -1.39. The van der Waals surface area contributed by atoms with E-state index >= 15 is 0 Å². The minimum Gasteiger partial charge on any atom is -0.399 e. The molecule has 39 heavy (non-hydrogen) atoms. The van der Waals surface area contributed by atoms with Gasteiger partial charge in [0.05, 0.1) is 17.8 Å². The van der Waals surface area contributed by atoms with E-state index in [1.165, 1.54) is 18.3 Å². The van der Waals surface area contributed by atoms with Crippen molar-refractivity contribution in [2.24, 2.45) is 11.8 Å². The molecule has 2 N–H and O–H groups in total. The molecule has 2 heterocycles. The van der Waals surface area contributed by atoms with Crippen molar-refractivity contribution in [3.63, 3.8) is 0 Å². The molecule has 2 atom stereocenters. The molecule has 1 fully saturated rings. The Bertz CT molecular complexity index is 1270.